The van der Waals surface area contributed by atoms with Gasteiger partial charge in [-0.15, -0.1) is 0 Å². The summed E-state index contributed by atoms with van der Waals surface area (Å²) in [5, 5.41) is 34.7. The molecular weight excluding hydrogens is 340 g/mol. The van der Waals surface area contributed by atoms with Gasteiger partial charge in [0.05, 0.1) is 0 Å². The average molecular weight is 370 g/mol. The van der Waals surface area contributed by atoms with E-state index in [-0.39, 0.29) is 6.61 Å². The van der Waals surface area contributed by atoms with Gasteiger partial charge in [0.1, 0.15) is 11.5 Å². The predicted molar refractivity (Wildman–Crippen MR) is 110 cm³/mol. The molecule has 2 aromatic rings. The number of rotatable bonds is 3. The largest absolute Gasteiger partial charge is 0.508 e. The number of aliphatic hydroxyl groups is 1. The number of hydrogen-bond acceptors (Lipinski definition) is 5. The van der Waals surface area contributed by atoms with Crippen molar-refractivity contribution in [3.63, 3.8) is 0 Å². The van der Waals surface area contributed by atoms with Crippen molar-refractivity contribution in [1.29, 1.82) is 0 Å². The number of benzene rings is 2. The second kappa shape index (κ2) is 8.09. The smallest absolute Gasteiger partial charge is 0.120 e. The fraction of sp³-hybridized carbons (Fsp3) is 0.455. The molecule has 2 unspecified atom stereocenters. The lowest BCUT2D eigenvalue weighted by atomic mass is 10.0. The number of aromatic hydroxyl groups is 2. The minimum atomic E-state index is 0.0713. The van der Waals surface area contributed by atoms with Crippen molar-refractivity contribution in [2.45, 2.75) is 58.5 Å². The van der Waals surface area contributed by atoms with Gasteiger partial charge in [0.2, 0.25) is 0 Å². The lowest BCUT2D eigenvalue weighted by molar-refractivity contribution is 0.297. The van der Waals surface area contributed by atoms with Crippen LogP contribution in [0.1, 0.15) is 43.0 Å². The highest BCUT2D eigenvalue weighted by atomic mass is 16.3. The van der Waals surface area contributed by atoms with E-state index in [0.29, 0.717) is 30.0 Å². The first kappa shape index (κ1) is 19.4. The van der Waals surface area contributed by atoms with Crippen molar-refractivity contribution < 1.29 is 15.3 Å². The zero-order valence-electron chi connectivity index (χ0n) is 16.3. The number of aryl methyl sites for hydroxylation is 1. The van der Waals surface area contributed by atoms with Gasteiger partial charge < -0.3 is 26.0 Å². The van der Waals surface area contributed by atoms with Gasteiger partial charge in [-0.3, -0.25) is 0 Å². The standard InChI is InChI=1S/C11H15NO2.C11H15NO/c1-7-4-9-6-11(14)8(2-3-13)5-10(9)12-7;1-3-8-5-9-4-7(2)12-10(9)6-11(8)13/h5-7,12-14H,2-4H2,1H3;5-7,12-13H,3-4H2,1-2H3. The summed E-state index contributed by atoms with van der Waals surface area (Å²) >= 11 is 0. The summed E-state index contributed by atoms with van der Waals surface area (Å²) in [4.78, 5) is 0. The highest BCUT2D eigenvalue weighted by Gasteiger charge is 2.19. The van der Waals surface area contributed by atoms with E-state index >= 15 is 0 Å². The molecule has 0 fully saturated rings. The summed E-state index contributed by atoms with van der Waals surface area (Å²) in [6.45, 7) is 6.40. The first-order valence-electron chi connectivity index (χ1n) is 9.74. The summed E-state index contributed by atoms with van der Waals surface area (Å²) in [6, 6.07) is 8.63. The van der Waals surface area contributed by atoms with Crippen molar-refractivity contribution in [1.82, 2.24) is 0 Å². The molecule has 2 aliphatic rings. The van der Waals surface area contributed by atoms with Crippen LogP contribution >= 0.6 is 0 Å². The molecule has 5 N–H and O–H groups in total. The third kappa shape index (κ3) is 4.30. The highest BCUT2D eigenvalue weighted by Crippen LogP contribution is 2.33. The Morgan fingerprint density at radius 3 is 2.00 bits per heavy atom. The highest BCUT2D eigenvalue weighted by molar-refractivity contribution is 5.62. The van der Waals surface area contributed by atoms with Crippen LogP contribution in [0.15, 0.2) is 24.3 Å². The topological polar surface area (TPSA) is 84.8 Å². The van der Waals surface area contributed by atoms with Crippen LogP contribution in [-0.2, 0) is 25.7 Å². The number of aliphatic hydroxyl groups excluding tert-OH is 1. The molecule has 2 atom stereocenters. The van der Waals surface area contributed by atoms with Crippen LogP contribution in [0.2, 0.25) is 0 Å². The van der Waals surface area contributed by atoms with Gasteiger partial charge >= 0.3 is 0 Å². The SMILES string of the molecule is CC1Cc2cc(O)c(CCO)cc2N1.CCc1cc2c(cc1O)NC(C)C2. The van der Waals surface area contributed by atoms with Crippen molar-refractivity contribution in [3.05, 3.63) is 46.5 Å². The Morgan fingerprint density at radius 1 is 0.852 bits per heavy atom. The number of hydrogen-bond donors (Lipinski definition) is 5. The fourth-order valence-electron chi connectivity index (χ4n) is 3.86. The Labute approximate surface area is 161 Å². The lowest BCUT2D eigenvalue weighted by Crippen LogP contribution is -2.08. The summed E-state index contributed by atoms with van der Waals surface area (Å²) in [6.07, 6.45) is 3.44. The van der Waals surface area contributed by atoms with Crippen molar-refractivity contribution in [2.24, 2.45) is 0 Å². The second-order valence-electron chi connectivity index (χ2n) is 7.60. The fourth-order valence-corrected chi connectivity index (χ4v) is 3.86. The Morgan fingerprint density at radius 2 is 1.41 bits per heavy atom. The van der Waals surface area contributed by atoms with E-state index in [1.54, 1.807) is 6.07 Å². The van der Waals surface area contributed by atoms with E-state index in [2.05, 4.69) is 37.5 Å². The van der Waals surface area contributed by atoms with Crippen molar-refractivity contribution >= 4 is 11.4 Å². The molecule has 0 aromatic heterocycles. The van der Waals surface area contributed by atoms with E-state index < -0.39 is 0 Å². The van der Waals surface area contributed by atoms with Crippen LogP contribution in [0.5, 0.6) is 11.5 Å². The molecule has 0 bridgehead atoms. The molecule has 5 nitrogen and oxygen atoms in total. The van der Waals surface area contributed by atoms with E-state index in [4.69, 9.17) is 5.11 Å². The molecule has 0 radical (unpaired) electrons. The van der Waals surface area contributed by atoms with Gasteiger partial charge in [-0.2, -0.15) is 0 Å². The van der Waals surface area contributed by atoms with Crippen LogP contribution in [0.4, 0.5) is 11.4 Å². The van der Waals surface area contributed by atoms with Gasteiger partial charge in [0.15, 0.2) is 0 Å². The van der Waals surface area contributed by atoms with Crippen LogP contribution in [0, 0.1) is 0 Å². The first-order valence-corrected chi connectivity index (χ1v) is 9.74. The molecule has 0 saturated heterocycles. The summed E-state index contributed by atoms with van der Waals surface area (Å²) < 4.78 is 0. The average Bonchev–Trinajstić information content (AvgIpc) is 3.15. The minimum absolute atomic E-state index is 0.0713. The Bertz CT molecular complexity index is 819. The normalized spacial score (nSPS) is 19.4. The summed E-state index contributed by atoms with van der Waals surface area (Å²) in [5.41, 5.74) is 6.56. The quantitative estimate of drug-likeness (QED) is 0.533. The maximum absolute atomic E-state index is 9.65. The molecule has 5 heteroatoms. The minimum Gasteiger partial charge on any atom is -0.508 e. The van der Waals surface area contributed by atoms with E-state index in [1.165, 1.54) is 5.56 Å². The summed E-state index contributed by atoms with van der Waals surface area (Å²) in [5.74, 6) is 0.719. The maximum Gasteiger partial charge on any atom is 0.120 e. The maximum atomic E-state index is 9.65. The van der Waals surface area contributed by atoms with Crippen molar-refractivity contribution in [3.8, 4) is 11.5 Å². The molecule has 0 spiro atoms. The third-order valence-electron chi connectivity index (χ3n) is 5.23. The number of anilines is 2. The van der Waals surface area contributed by atoms with E-state index in [1.807, 2.05) is 12.1 Å². The molecular formula is C22H30N2O3. The monoisotopic (exact) mass is 370 g/mol. The lowest BCUT2D eigenvalue weighted by Gasteiger charge is -2.07. The van der Waals surface area contributed by atoms with Gasteiger partial charge in [0, 0.05) is 36.1 Å². The van der Waals surface area contributed by atoms with Crippen LogP contribution in [0.3, 0.4) is 0 Å². The molecule has 146 valence electrons. The Balaban J connectivity index is 0.000000156. The zero-order chi connectivity index (χ0) is 19.6. The zero-order valence-corrected chi connectivity index (χ0v) is 16.3. The predicted octanol–water partition coefficient (Wildman–Crippen LogP) is 3.59. The van der Waals surface area contributed by atoms with Gasteiger partial charge in [-0.25, -0.2) is 0 Å². The molecule has 0 aliphatic carbocycles. The third-order valence-corrected chi connectivity index (χ3v) is 5.23. The Kier molecular flexibility index (Phi) is 5.80. The molecule has 2 heterocycles. The first-order chi connectivity index (χ1) is 12.9. The van der Waals surface area contributed by atoms with Crippen molar-refractivity contribution in [2.75, 3.05) is 17.2 Å². The van der Waals surface area contributed by atoms with Gasteiger partial charge in [-0.05, 0) is 73.9 Å². The van der Waals surface area contributed by atoms with Crippen LogP contribution in [0.25, 0.3) is 0 Å². The van der Waals surface area contributed by atoms with E-state index in [9.17, 15) is 10.2 Å². The van der Waals surface area contributed by atoms with E-state index in [0.717, 1.165) is 47.3 Å². The van der Waals surface area contributed by atoms with Crippen LogP contribution in [-0.4, -0.2) is 34.0 Å². The molecule has 4 rings (SSSR count). The summed E-state index contributed by atoms with van der Waals surface area (Å²) in [7, 11) is 0. The van der Waals surface area contributed by atoms with Gasteiger partial charge in [0.25, 0.3) is 0 Å². The molecule has 2 aromatic carbocycles. The molecule has 2 aliphatic heterocycles. The number of phenols is 2. The number of nitrogens with one attached hydrogen (secondary N) is 2. The molecule has 27 heavy (non-hydrogen) atoms. The number of fused-ring (bicyclic) bond motifs is 2. The van der Waals surface area contributed by atoms with Gasteiger partial charge in [-0.1, -0.05) is 13.0 Å². The van der Waals surface area contributed by atoms with Crippen LogP contribution < -0.4 is 10.6 Å². The molecule has 0 saturated carbocycles. The number of phenolic OH excluding ortho intramolecular Hbond substituents is 2. The second-order valence-corrected chi connectivity index (χ2v) is 7.60. The Hall–Kier alpha value is -2.40. The molecule has 0 amide bonds.